The van der Waals surface area contributed by atoms with Crippen molar-refractivity contribution in [3.8, 4) is 0 Å². The van der Waals surface area contributed by atoms with Gasteiger partial charge in [0.1, 0.15) is 0 Å². The monoisotopic (exact) mass is 221 g/mol. The van der Waals surface area contributed by atoms with Gasteiger partial charge >= 0.3 is 0 Å². The summed E-state index contributed by atoms with van der Waals surface area (Å²) in [6, 6.07) is 9.13. The minimum Gasteiger partial charge on any atom is -0.314 e. The molecule has 1 aromatic rings. The molecule has 1 fully saturated rings. The van der Waals surface area contributed by atoms with E-state index < -0.39 is 0 Å². The molecule has 0 radical (unpaired) electrons. The quantitative estimate of drug-likeness (QED) is 0.823. The average Bonchev–Trinajstić information content (AvgIpc) is 2.30. The van der Waals surface area contributed by atoms with Crippen LogP contribution in [0.5, 0.6) is 0 Å². The van der Waals surface area contributed by atoms with Crippen LogP contribution >= 0.6 is 11.8 Å². The summed E-state index contributed by atoms with van der Waals surface area (Å²) in [5.41, 5.74) is 2.91. The Labute approximate surface area is 96.7 Å². The molecule has 1 aliphatic rings. The van der Waals surface area contributed by atoms with E-state index in [1.807, 2.05) is 0 Å². The van der Waals surface area contributed by atoms with Crippen LogP contribution in [0, 0.1) is 0 Å². The van der Waals surface area contributed by atoms with Crippen LogP contribution in [-0.4, -0.2) is 18.8 Å². The maximum atomic E-state index is 3.45. The molecule has 15 heavy (non-hydrogen) atoms. The maximum Gasteiger partial charge on any atom is 0.0422 e. The Morgan fingerprint density at radius 2 is 2.00 bits per heavy atom. The van der Waals surface area contributed by atoms with Crippen LogP contribution in [0.2, 0.25) is 0 Å². The van der Waals surface area contributed by atoms with Gasteiger partial charge in [-0.2, -0.15) is 11.8 Å². The van der Waals surface area contributed by atoms with Crippen LogP contribution in [0.25, 0.3) is 0 Å². The summed E-state index contributed by atoms with van der Waals surface area (Å²) in [7, 11) is 0. The number of rotatable bonds is 2. The standard InChI is InChI=1S/C13H19NS/c1-10(2)11-3-5-12(6-4-11)13-9-14-7-8-15-13/h3-6,10,13-14H,7-9H2,1-2H3. The van der Waals surface area contributed by atoms with E-state index in [0.29, 0.717) is 11.2 Å². The zero-order chi connectivity index (χ0) is 10.7. The van der Waals surface area contributed by atoms with Gasteiger partial charge in [0, 0.05) is 24.1 Å². The second-order valence-corrected chi connectivity index (χ2v) is 5.70. The van der Waals surface area contributed by atoms with Crippen LogP contribution in [0.15, 0.2) is 24.3 Å². The third-order valence-corrected chi connectivity index (χ3v) is 4.18. The van der Waals surface area contributed by atoms with E-state index in [1.54, 1.807) is 0 Å². The van der Waals surface area contributed by atoms with Gasteiger partial charge in [-0.1, -0.05) is 38.1 Å². The van der Waals surface area contributed by atoms with Crippen molar-refractivity contribution in [3.05, 3.63) is 35.4 Å². The van der Waals surface area contributed by atoms with E-state index in [0.717, 1.165) is 13.1 Å². The highest BCUT2D eigenvalue weighted by Crippen LogP contribution is 2.30. The zero-order valence-corrected chi connectivity index (χ0v) is 10.3. The number of hydrogen-bond acceptors (Lipinski definition) is 2. The van der Waals surface area contributed by atoms with E-state index in [9.17, 15) is 0 Å². The van der Waals surface area contributed by atoms with Crippen LogP contribution in [0.1, 0.15) is 36.1 Å². The highest BCUT2D eigenvalue weighted by Gasteiger charge is 2.15. The second-order valence-electron chi connectivity index (χ2n) is 4.38. The molecule has 1 N–H and O–H groups in total. The third kappa shape index (κ3) is 2.76. The summed E-state index contributed by atoms with van der Waals surface area (Å²) < 4.78 is 0. The van der Waals surface area contributed by atoms with Gasteiger partial charge in [-0.15, -0.1) is 0 Å². The Bertz CT molecular complexity index is 299. The normalized spacial score (nSPS) is 21.9. The number of thioether (sulfide) groups is 1. The smallest absolute Gasteiger partial charge is 0.0422 e. The zero-order valence-electron chi connectivity index (χ0n) is 9.49. The fourth-order valence-electron chi connectivity index (χ4n) is 1.88. The van der Waals surface area contributed by atoms with E-state index in [2.05, 4.69) is 55.2 Å². The van der Waals surface area contributed by atoms with Crippen molar-refractivity contribution in [1.29, 1.82) is 0 Å². The molecule has 0 aliphatic carbocycles. The van der Waals surface area contributed by atoms with Crippen molar-refractivity contribution >= 4 is 11.8 Å². The summed E-state index contributed by atoms with van der Waals surface area (Å²) in [4.78, 5) is 0. The Balaban J connectivity index is 2.08. The lowest BCUT2D eigenvalue weighted by molar-refractivity contribution is 0.689. The summed E-state index contributed by atoms with van der Waals surface area (Å²) in [6.45, 7) is 6.76. The van der Waals surface area contributed by atoms with Crippen LogP contribution in [0.4, 0.5) is 0 Å². The van der Waals surface area contributed by atoms with Gasteiger partial charge in [-0.3, -0.25) is 0 Å². The largest absolute Gasteiger partial charge is 0.314 e. The SMILES string of the molecule is CC(C)c1ccc(C2CNCCS2)cc1. The minimum absolute atomic E-state index is 0.635. The van der Waals surface area contributed by atoms with E-state index >= 15 is 0 Å². The molecule has 0 saturated carbocycles. The van der Waals surface area contributed by atoms with Crippen LogP contribution < -0.4 is 5.32 Å². The molecule has 0 spiro atoms. The van der Waals surface area contributed by atoms with Crippen molar-refractivity contribution in [2.24, 2.45) is 0 Å². The Hall–Kier alpha value is -0.470. The lowest BCUT2D eigenvalue weighted by atomic mass is 10.0. The van der Waals surface area contributed by atoms with Gasteiger partial charge in [-0.05, 0) is 17.0 Å². The molecule has 1 nitrogen and oxygen atoms in total. The molecular formula is C13H19NS. The third-order valence-electron chi connectivity index (χ3n) is 2.90. The molecule has 1 aliphatic heterocycles. The topological polar surface area (TPSA) is 12.0 Å². The lowest BCUT2D eigenvalue weighted by Crippen LogP contribution is -2.28. The molecule has 1 aromatic carbocycles. The summed E-state index contributed by atoms with van der Waals surface area (Å²) in [5, 5.41) is 4.10. The molecule has 1 saturated heterocycles. The molecular weight excluding hydrogens is 202 g/mol. The number of benzene rings is 1. The first-order valence-electron chi connectivity index (χ1n) is 5.69. The summed E-state index contributed by atoms with van der Waals surface area (Å²) in [5.74, 6) is 1.87. The molecule has 0 bridgehead atoms. The molecule has 0 amide bonds. The number of hydrogen-bond donors (Lipinski definition) is 1. The minimum atomic E-state index is 0.635. The van der Waals surface area contributed by atoms with Crippen LogP contribution in [-0.2, 0) is 0 Å². The van der Waals surface area contributed by atoms with Crippen molar-refractivity contribution in [1.82, 2.24) is 5.32 Å². The molecule has 82 valence electrons. The molecule has 2 rings (SSSR count). The average molecular weight is 221 g/mol. The van der Waals surface area contributed by atoms with Crippen molar-refractivity contribution in [2.45, 2.75) is 25.0 Å². The first-order valence-corrected chi connectivity index (χ1v) is 6.74. The summed E-state index contributed by atoms with van der Waals surface area (Å²) in [6.07, 6.45) is 0. The van der Waals surface area contributed by atoms with Crippen molar-refractivity contribution in [3.63, 3.8) is 0 Å². The van der Waals surface area contributed by atoms with Gasteiger partial charge in [0.25, 0.3) is 0 Å². The van der Waals surface area contributed by atoms with E-state index in [1.165, 1.54) is 16.9 Å². The lowest BCUT2D eigenvalue weighted by Gasteiger charge is -2.23. The van der Waals surface area contributed by atoms with Gasteiger partial charge in [0.2, 0.25) is 0 Å². The fourth-order valence-corrected chi connectivity index (χ4v) is 3.01. The summed E-state index contributed by atoms with van der Waals surface area (Å²) >= 11 is 2.07. The highest BCUT2D eigenvalue weighted by atomic mass is 32.2. The Morgan fingerprint density at radius 1 is 1.27 bits per heavy atom. The molecule has 1 heterocycles. The fraction of sp³-hybridized carbons (Fsp3) is 0.538. The predicted octanol–water partition coefficient (Wildman–Crippen LogP) is 3.19. The van der Waals surface area contributed by atoms with E-state index in [-0.39, 0.29) is 0 Å². The van der Waals surface area contributed by atoms with Gasteiger partial charge in [0.15, 0.2) is 0 Å². The van der Waals surface area contributed by atoms with Crippen molar-refractivity contribution < 1.29 is 0 Å². The van der Waals surface area contributed by atoms with Gasteiger partial charge in [-0.25, -0.2) is 0 Å². The molecule has 1 unspecified atom stereocenters. The predicted molar refractivity (Wildman–Crippen MR) is 68.6 cm³/mol. The van der Waals surface area contributed by atoms with Gasteiger partial charge < -0.3 is 5.32 Å². The maximum absolute atomic E-state index is 3.45. The molecule has 2 heteroatoms. The first-order chi connectivity index (χ1) is 7.27. The van der Waals surface area contributed by atoms with Gasteiger partial charge in [0.05, 0.1) is 0 Å². The first kappa shape index (κ1) is 11.0. The highest BCUT2D eigenvalue weighted by molar-refractivity contribution is 7.99. The van der Waals surface area contributed by atoms with E-state index in [4.69, 9.17) is 0 Å². The number of nitrogens with one attached hydrogen (secondary N) is 1. The van der Waals surface area contributed by atoms with Crippen LogP contribution in [0.3, 0.4) is 0 Å². The Morgan fingerprint density at radius 3 is 2.53 bits per heavy atom. The second kappa shape index (κ2) is 5.04. The molecule has 0 aromatic heterocycles. The van der Waals surface area contributed by atoms with Crippen molar-refractivity contribution in [2.75, 3.05) is 18.8 Å². The Kier molecular flexibility index (Phi) is 3.71. The molecule has 1 atom stereocenters.